The van der Waals surface area contributed by atoms with Crippen LogP contribution in [-0.2, 0) is 0 Å². The molecule has 0 spiro atoms. The van der Waals surface area contributed by atoms with Gasteiger partial charge in [0.05, 0.1) is 0 Å². The maximum absolute atomic E-state index is 5.58. The average molecular weight is 205 g/mol. The molecule has 2 N–H and O–H groups in total. The third-order valence-electron chi connectivity index (χ3n) is 0.946. The van der Waals surface area contributed by atoms with Gasteiger partial charge < -0.3 is 5.73 Å². The third-order valence-corrected chi connectivity index (χ3v) is 1.98. The Morgan fingerprint density at radius 1 is 1.33 bits per heavy atom. The van der Waals surface area contributed by atoms with E-state index in [9.17, 15) is 0 Å². The van der Waals surface area contributed by atoms with Gasteiger partial charge in [-0.15, -0.1) is 0 Å². The summed E-state index contributed by atoms with van der Waals surface area (Å²) >= 11 is 7.08. The van der Waals surface area contributed by atoms with Crippen LogP contribution in [0.25, 0.3) is 0 Å². The minimum atomic E-state index is 0.144. The second-order valence-electron chi connectivity index (χ2n) is 2.41. The van der Waals surface area contributed by atoms with Crippen LogP contribution in [0.5, 0.6) is 0 Å². The largest absolute Gasteiger partial charge is 0.368 e. The van der Waals surface area contributed by atoms with Gasteiger partial charge in [0, 0.05) is 5.25 Å². The molecule has 1 aromatic rings. The number of anilines is 1. The standard InChI is InChI=1S/C6H9ClN4S/c1-3(2)12-6-10-4(7)9-5(8)11-6/h3H,1-2H3,(H2,8,9,10,11). The normalized spacial score (nSPS) is 10.7. The summed E-state index contributed by atoms with van der Waals surface area (Å²) in [5.74, 6) is 0.165. The van der Waals surface area contributed by atoms with Gasteiger partial charge in [-0.3, -0.25) is 0 Å². The molecule has 0 radical (unpaired) electrons. The fraction of sp³-hybridized carbons (Fsp3) is 0.500. The number of halogens is 1. The van der Waals surface area contributed by atoms with Crippen molar-refractivity contribution in [1.82, 2.24) is 15.0 Å². The zero-order valence-electron chi connectivity index (χ0n) is 6.78. The first-order valence-electron chi connectivity index (χ1n) is 3.41. The average Bonchev–Trinajstić information content (AvgIpc) is 1.81. The first-order chi connectivity index (χ1) is 5.58. The fourth-order valence-corrected chi connectivity index (χ4v) is 1.53. The van der Waals surface area contributed by atoms with Crippen LogP contribution in [0.1, 0.15) is 13.8 Å². The molecule has 0 unspecified atom stereocenters. The predicted octanol–water partition coefficient (Wildman–Crippen LogP) is 1.61. The molecule has 0 saturated heterocycles. The van der Waals surface area contributed by atoms with Gasteiger partial charge in [-0.2, -0.15) is 15.0 Å². The van der Waals surface area contributed by atoms with Gasteiger partial charge in [-0.25, -0.2) is 0 Å². The first kappa shape index (κ1) is 9.54. The summed E-state index contributed by atoms with van der Waals surface area (Å²) in [6.07, 6.45) is 0. The monoisotopic (exact) mass is 204 g/mol. The SMILES string of the molecule is CC(C)Sc1nc(N)nc(Cl)n1. The summed E-state index contributed by atoms with van der Waals surface area (Å²) < 4.78 is 0. The highest BCUT2D eigenvalue weighted by Gasteiger charge is 2.04. The number of thioether (sulfide) groups is 1. The van der Waals surface area contributed by atoms with E-state index in [0.717, 1.165) is 0 Å². The number of nitrogens with zero attached hydrogens (tertiary/aromatic N) is 3. The molecule has 0 amide bonds. The Labute approximate surface area is 80.0 Å². The van der Waals surface area contributed by atoms with Crippen molar-refractivity contribution < 1.29 is 0 Å². The van der Waals surface area contributed by atoms with Gasteiger partial charge in [-0.1, -0.05) is 25.6 Å². The van der Waals surface area contributed by atoms with Gasteiger partial charge in [0.25, 0.3) is 0 Å². The highest BCUT2D eigenvalue weighted by atomic mass is 35.5. The molecule has 1 heterocycles. The number of hydrogen-bond acceptors (Lipinski definition) is 5. The van der Waals surface area contributed by atoms with Gasteiger partial charge in [-0.05, 0) is 11.6 Å². The van der Waals surface area contributed by atoms with Crippen LogP contribution in [0.15, 0.2) is 5.16 Å². The van der Waals surface area contributed by atoms with E-state index >= 15 is 0 Å². The Morgan fingerprint density at radius 2 is 2.00 bits per heavy atom. The molecule has 0 saturated carbocycles. The van der Waals surface area contributed by atoms with Crippen molar-refractivity contribution in [3.8, 4) is 0 Å². The van der Waals surface area contributed by atoms with E-state index < -0.39 is 0 Å². The molecule has 4 nitrogen and oxygen atoms in total. The summed E-state index contributed by atoms with van der Waals surface area (Å²) in [7, 11) is 0. The van der Waals surface area contributed by atoms with Crippen LogP contribution in [-0.4, -0.2) is 20.2 Å². The van der Waals surface area contributed by atoms with Crippen LogP contribution in [0.2, 0.25) is 5.28 Å². The minimum Gasteiger partial charge on any atom is -0.368 e. The number of nitrogen functional groups attached to an aromatic ring is 1. The lowest BCUT2D eigenvalue weighted by molar-refractivity contribution is 0.909. The molecule has 0 bridgehead atoms. The van der Waals surface area contributed by atoms with Crippen molar-refractivity contribution >= 4 is 29.3 Å². The molecule has 0 aromatic carbocycles. The maximum atomic E-state index is 5.58. The van der Waals surface area contributed by atoms with E-state index in [4.69, 9.17) is 17.3 Å². The Morgan fingerprint density at radius 3 is 2.50 bits per heavy atom. The Hall–Kier alpha value is -0.550. The molecular formula is C6H9ClN4S. The summed E-state index contributed by atoms with van der Waals surface area (Å²) in [4.78, 5) is 11.5. The number of aromatic nitrogens is 3. The summed E-state index contributed by atoms with van der Waals surface area (Å²) in [6.45, 7) is 4.08. The van der Waals surface area contributed by atoms with Crippen molar-refractivity contribution in [1.29, 1.82) is 0 Å². The van der Waals surface area contributed by atoms with Crippen molar-refractivity contribution in [2.24, 2.45) is 0 Å². The zero-order valence-corrected chi connectivity index (χ0v) is 8.35. The molecule has 1 aromatic heterocycles. The summed E-state index contributed by atoms with van der Waals surface area (Å²) in [5.41, 5.74) is 5.38. The van der Waals surface area contributed by atoms with Crippen LogP contribution >= 0.6 is 23.4 Å². The van der Waals surface area contributed by atoms with Crippen LogP contribution in [0.3, 0.4) is 0 Å². The van der Waals surface area contributed by atoms with E-state index in [1.54, 1.807) is 0 Å². The topological polar surface area (TPSA) is 64.7 Å². The molecule has 6 heteroatoms. The molecule has 0 aliphatic rings. The molecule has 66 valence electrons. The summed E-state index contributed by atoms with van der Waals surface area (Å²) in [6, 6.07) is 0. The van der Waals surface area contributed by atoms with Crippen molar-refractivity contribution in [3.05, 3.63) is 5.28 Å². The van der Waals surface area contributed by atoms with Crippen molar-refractivity contribution in [3.63, 3.8) is 0 Å². The molecule has 0 aliphatic carbocycles. The quantitative estimate of drug-likeness (QED) is 0.742. The molecule has 1 rings (SSSR count). The molecular weight excluding hydrogens is 196 g/mol. The van der Waals surface area contributed by atoms with Crippen molar-refractivity contribution in [2.75, 3.05) is 5.73 Å². The molecule has 0 atom stereocenters. The second kappa shape index (κ2) is 3.91. The number of rotatable bonds is 2. The van der Waals surface area contributed by atoms with Crippen molar-refractivity contribution in [2.45, 2.75) is 24.3 Å². The van der Waals surface area contributed by atoms with Gasteiger partial charge in [0.2, 0.25) is 11.2 Å². The van der Waals surface area contributed by atoms with Gasteiger partial charge in [0.1, 0.15) is 0 Å². The molecule has 0 fully saturated rings. The van der Waals surface area contributed by atoms with E-state index in [2.05, 4.69) is 15.0 Å². The first-order valence-corrected chi connectivity index (χ1v) is 4.67. The van der Waals surface area contributed by atoms with Gasteiger partial charge in [0.15, 0.2) is 5.16 Å². The molecule has 0 aliphatic heterocycles. The highest BCUT2D eigenvalue weighted by Crippen LogP contribution is 2.19. The highest BCUT2D eigenvalue weighted by molar-refractivity contribution is 7.99. The van der Waals surface area contributed by atoms with E-state index in [0.29, 0.717) is 10.4 Å². The van der Waals surface area contributed by atoms with Crippen LogP contribution in [0, 0.1) is 0 Å². The lowest BCUT2D eigenvalue weighted by atomic mass is 10.6. The lowest BCUT2D eigenvalue weighted by Gasteiger charge is -2.02. The molecule has 12 heavy (non-hydrogen) atoms. The summed E-state index contributed by atoms with van der Waals surface area (Å²) in [5, 5.41) is 1.12. The fourth-order valence-electron chi connectivity index (χ4n) is 0.610. The Bertz CT molecular complexity index is 258. The lowest BCUT2D eigenvalue weighted by Crippen LogP contribution is -2.00. The Kier molecular flexibility index (Phi) is 3.11. The van der Waals surface area contributed by atoms with E-state index in [1.165, 1.54) is 11.8 Å². The van der Waals surface area contributed by atoms with E-state index in [-0.39, 0.29) is 11.2 Å². The van der Waals surface area contributed by atoms with Crippen LogP contribution in [0.4, 0.5) is 5.95 Å². The zero-order chi connectivity index (χ0) is 9.14. The third kappa shape index (κ3) is 2.83. The minimum absolute atomic E-state index is 0.144. The maximum Gasteiger partial charge on any atom is 0.228 e. The predicted molar refractivity (Wildman–Crippen MR) is 50.2 cm³/mol. The number of hydrogen-bond donors (Lipinski definition) is 1. The Balaban J connectivity index is 2.85. The van der Waals surface area contributed by atoms with E-state index in [1.807, 2.05) is 13.8 Å². The smallest absolute Gasteiger partial charge is 0.228 e. The number of nitrogens with two attached hydrogens (primary N) is 1. The second-order valence-corrected chi connectivity index (χ2v) is 4.29. The van der Waals surface area contributed by atoms with Crippen LogP contribution < -0.4 is 5.73 Å². The van der Waals surface area contributed by atoms with Gasteiger partial charge >= 0.3 is 0 Å².